The molecule has 6 nitrogen and oxygen atoms in total. The zero-order valence-corrected chi connectivity index (χ0v) is 14.6. The molecular formula is C13H18Cl2N4O2S. The molecule has 0 bridgehead atoms. The zero-order valence-electron chi connectivity index (χ0n) is 12.1. The van der Waals surface area contributed by atoms with Gasteiger partial charge in [-0.3, -0.25) is 9.59 Å². The molecule has 1 heterocycles. The lowest BCUT2D eigenvalue weighted by atomic mass is 10.3. The van der Waals surface area contributed by atoms with E-state index in [1.807, 2.05) is 12.1 Å². The minimum atomic E-state index is -0.148. The van der Waals surface area contributed by atoms with Crippen molar-refractivity contribution < 1.29 is 9.59 Å². The molecule has 0 radical (unpaired) electrons. The van der Waals surface area contributed by atoms with Crippen LogP contribution in [0, 0.1) is 0 Å². The predicted molar refractivity (Wildman–Crippen MR) is 95.6 cm³/mol. The van der Waals surface area contributed by atoms with E-state index in [9.17, 15) is 9.59 Å². The van der Waals surface area contributed by atoms with Gasteiger partial charge in [0.05, 0.1) is 10.2 Å². The highest BCUT2D eigenvalue weighted by molar-refractivity contribution is 7.22. The maximum Gasteiger partial charge on any atom is 0.225 e. The molecule has 1 aromatic carbocycles. The normalized spacial score (nSPS) is 9.55. The second-order valence-electron chi connectivity index (χ2n) is 4.28. The van der Waals surface area contributed by atoms with E-state index in [0.29, 0.717) is 18.1 Å². The summed E-state index contributed by atoms with van der Waals surface area (Å²) < 4.78 is 0.917. The Morgan fingerprint density at radius 2 is 1.95 bits per heavy atom. The first-order valence-electron chi connectivity index (χ1n) is 6.21. The van der Waals surface area contributed by atoms with Gasteiger partial charge in [-0.25, -0.2) is 4.98 Å². The number of nitrogens with zero attached hydrogens (tertiary/aromatic N) is 1. The van der Waals surface area contributed by atoms with Crippen molar-refractivity contribution in [3.8, 4) is 0 Å². The molecule has 122 valence electrons. The molecule has 9 heteroatoms. The van der Waals surface area contributed by atoms with Crippen LogP contribution in [0.15, 0.2) is 18.2 Å². The van der Waals surface area contributed by atoms with Crippen LogP contribution in [0.5, 0.6) is 0 Å². The molecular weight excluding hydrogens is 347 g/mol. The van der Waals surface area contributed by atoms with Gasteiger partial charge in [0.25, 0.3) is 0 Å². The van der Waals surface area contributed by atoms with Crippen molar-refractivity contribution >= 4 is 69.0 Å². The van der Waals surface area contributed by atoms with Crippen LogP contribution in [0.2, 0.25) is 0 Å². The number of aromatic nitrogens is 1. The molecule has 0 atom stereocenters. The van der Waals surface area contributed by atoms with E-state index in [-0.39, 0.29) is 36.6 Å². The molecule has 22 heavy (non-hydrogen) atoms. The van der Waals surface area contributed by atoms with Gasteiger partial charge in [-0.05, 0) is 25.2 Å². The Hall–Kier alpha value is -1.41. The maximum absolute atomic E-state index is 11.6. The number of halogens is 2. The van der Waals surface area contributed by atoms with Crippen molar-refractivity contribution in [1.29, 1.82) is 0 Å². The first kappa shape index (κ1) is 20.6. The molecule has 0 fully saturated rings. The molecule has 2 aromatic rings. The maximum atomic E-state index is 11.6. The van der Waals surface area contributed by atoms with Crippen molar-refractivity contribution in [1.82, 2.24) is 10.3 Å². The molecule has 0 saturated carbocycles. The number of carbonyl (C=O) groups is 2. The largest absolute Gasteiger partial charge is 0.326 e. The predicted octanol–water partition coefficient (Wildman–Crippen LogP) is 2.65. The monoisotopic (exact) mass is 364 g/mol. The third-order valence-electron chi connectivity index (χ3n) is 2.56. The highest BCUT2D eigenvalue weighted by Crippen LogP contribution is 2.28. The fourth-order valence-electron chi connectivity index (χ4n) is 1.67. The average molecular weight is 365 g/mol. The molecule has 0 saturated heterocycles. The Balaban J connectivity index is 0.00000220. The Labute approximate surface area is 144 Å². The number of benzene rings is 1. The van der Waals surface area contributed by atoms with Crippen molar-refractivity contribution in [2.45, 2.75) is 13.3 Å². The number of hydrogen-bond donors (Lipinski definition) is 3. The summed E-state index contributed by atoms with van der Waals surface area (Å²) in [6.45, 7) is 2.08. The van der Waals surface area contributed by atoms with Gasteiger partial charge >= 0.3 is 0 Å². The fraction of sp³-hybridized carbons (Fsp3) is 0.308. The van der Waals surface area contributed by atoms with Gasteiger partial charge in [0.2, 0.25) is 11.8 Å². The van der Waals surface area contributed by atoms with Crippen molar-refractivity contribution in [2.75, 3.05) is 24.2 Å². The summed E-state index contributed by atoms with van der Waals surface area (Å²) in [6, 6.07) is 5.48. The summed E-state index contributed by atoms with van der Waals surface area (Å²) in [5.41, 5.74) is 1.53. The number of fused-ring (bicyclic) bond motifs is 1. The summed E-state index contributed by atoms with van der Waals surface area (Å²) in [6.07, 6.45) is 0.425. The first-order chi connectivity index (χ1) is 9.58. The summed E-state index contributed by atoms with van der Waals surface area (Å²) in [5.74, 6) is -0.185. The number of hydrogen-bond acceptors (Lipinski definition) is 5. The van der Waals surface area contributed by atoms with E-state index in [0.717, 1.165) is 15.9 Å². The molecule has 2 rings (SSSR count). The van der Waals surface area contributed by atoms with Crippen LogP contribution in [0.25, 0.3) is 10.2 Å². The van der Waals surface area contributed by atoms with Crippen molar-refractivity contribution in [3.05, 3.63) is 18.2 Å². The quantitative estimate of drug-likeness (QED) is 0.761. The number of carbonyl (C=O) groups excluding carboxylic acids is 2. The Morgan fingerprint density at radius 3 is 2.59 bits per heavy atom. The van der Waals surface area contributed by atoms with Crippen molar-refractivity contribution in [3.63, 3.8) is 0 Å². The number of amides is 2. The molecule has 3 N–H and O–H groups in total. The fourth-order valence-corrected chi connectivity index (χ4v) is 2.62. The molecule has 0 unspecified atom stereocenters. The van der Waals surface area contributed by atoms with Gasteiger partial charge in [-0.1, -0.05) is 11.3 Å². The van der Waals surface area contributed by atoms with Gasteiger partial charge < -0.3 is 16.0 Å². The van der Waals surface area contributed by atoms with Crippen LogP contribution >= 0.6 is 36.2 Å². The smallest absolute Gasteiger partial charge is 0.225 e. The summed E-state index contributed by atoms with van der Waals surface area (Å²) in [7, 11) is 1.81. The molecule has 0 aliphatic rings. The second-order valence-corrected chi connectivity index (χ2v) is 5.32. The van der Waals surface area contributed by atoms with Crippen LogP contribution < -0.4 is 16.0 Å². The highest BCUT2D eigenvalue weighted by Gasteiger charge is 2.07. The summed E-state index contributed by atoms with van der Waals surface area (Å²) >= 11 is 1.38. The Morgan fingerprint density at radius 1 is 1.23 bits per heavy atom. The molecule has 0 aliphatic carbocycles. The van der Waals surface area contributed by atoms with E-state index in [4.69, 9.17) is 0 Å². The topological polar surface area (TPSA) is 83.1 Å². The molecule has 0 aliphatic heterocycles. The second kappa shape index (κ2) is 9.58. The van der Waals surface area contributed by atoms with Crippen LogP contribution in [0.4, 0.5) is 10.8 Å². The van der Waals surface area contributed by atoms with E-state index in [1.165, 1.54) is 18.3 Å². The SMILES string of the molecule is CNCCC(=O)Nc1ccc2nc(NC(C)=O)sc2c1.Cl.Cl. The van der Waals surface area contributed by atoms with Gasteiger partial charge in [0, 0.05) is 25.6 Å². The lowest BCUT2D eigenvalue weighted by Gasteiger charge is -2.04. The van der Waals surface area contributed by atoms with Crippen molar-refractivity contribution in [2.24, 2.45) is 0 Å². The van der Waals surface area contributed by atoms with Crippen LogP contribution in [-0.2, 0) is 9.59 Å². The van der Waals surface area contributed by atoms with E-state index < -0.39 is 0 Å². The number of thiazole rings is 1. The van der Waals surface area contributed by atoms with Gasteiger partial charge in [0.15, 0.2) is 5.13 Å². The molecule has 1 aromatic heterocycles. The number of rotatable bonds is 5. The standard InChI is InChI=1S/C13H16N4O2S.2ClH/c1-8(18)15-13-17-10-4-3-9(7-11(10)20-13)16-12(19)5-6-14-2;;/h3-4,7,14H,5-6H2,1-2H3,(H,16,19)(H,15,17,18);2*1H. The lowest BCUT2D eigenvalue weighted by molar-refractivity contribution is -0.116. The highest BCUT2D eigenvalue weighted by atomic mass is 35.5. The third kappa shape index (κ3) is 5.76. The van der Waals surface area contributed by atoms with E-state index in [1.54, 1.807) is 13.1 Å². The third-order valence-corrected chi connectivity index (χ3v) is 3.49. The Kier molecular flexibility index (Phi) is 8.96. The van der Waals surface area contributed by atoms with E-state index >= 15 is 0 Å². The number of anilines is 2. The summed E-state index contributed by atoms with van der Waals surface area (Å²) in [4.78, 5) is 26.9. The minimum Gasteiger partial charge on any atom is -0.326 e. The zero-order chi connectivity index (χ0) is 14.5. The molecule has 2 amide bonds. The lowest BCUT2D eigenvalue weighted by Crippen LogP contribution is -2.18. The minimum absolute atomic E-state index is 0. The first-order valence-corrected chi connectivity index (χ1v) is 7.03. The van der Waals surface area contributed by atoms with Gasteiger partial charge in [-0.15, -0.1) is 24.8 Å². The number of nitrogens with one attached hydrogen (secondary N) is 3. The Bertz CT molecular complexity index is 648. The van der Waals surface area contributed by atoms with E-state index in [2.05, 4.69) is 20.9 Å². The average Bonchev–Trinajstić information content (AvgIpc) is 2.76. The summed E-state index contributed by atoms with van der Waals surface area (Å²) in [5, 5.41) is 8.97. The van der Waals surface area contributed by atoms with Gasteiger partial charge in [-0.2, -0.15) is 0 Å². The van der Waals surface area contributed by atoms with Crippen LogP contribution in [0.1, 0.15) is 13.3 Å². The van der Waals surface area contributed by atoms with Gasteiger partial charge in [0.1, 0.15) is 0 Å². The van der Waals surface area contributed by atoms with Crippen LogP contribution in [0.3, 0.4) is 0 Å². The van der Waals surface area contributed by atoms with Crippen LogP contribution in [-0.4, -0.2) is 30.4 Å². The molecule has 0 spiro atoms.